The van der Waals surface area contributed by atoms with Crippen LogP contribution in [0.5, 0.6) is 5.75 Å². The summed E-state index contributed by atoms with van der Waals surface area (Å²) >= 11 is 0. The van der Waals surface area contributed by atoms with Crippen molar-refractivity contribution in [3.63, 3.8) is 0 Å². The van der Waals surface area contributed by atoms with E-state index in [9.17, 15) is 4.79 Å². The first-order valence-electron chi connectivity index (χ1n) is 5.86. The molecule has 0 unspecified atom stereocenters. The zero-order chi connectivity index (χ0) is 13.0. The van der Waals surface area contributed by atoms with Crippen LogP contribution in [0.25, 0.3) is 10.8 Å². The Bertz CT molecular complexity index is 561. The monoisotopic (exact) mass is 244 g/mol. The minimum absolute atomic E-state index is 0.0932. The Morgan fingerprint density at radius 2 is 1.78 bits per heavy atom. The van der Waals surface area contributed by atoms with Crippen molar-refractivity contribution in [2.45, 2.75) is 6.42 Å². The summed E-state index contributed by atoms with van der Waals surface area (Å²) in [5.41, 5.74) is 0.725. The fourth-order valence-corrected chi connectivity index (χ4v) is 2.02. The molecule has 0 spiro atoms. The van der Waals surface area contributed by atoms with E-state index in [-0.39, 0.29) is 5.78 Å². The minimum Gasteiger partial charge on any atom is -0.496 e. The third kappa shape index (κ3) is 2.36. The van der Waals surface area contributed by atoms with Crippen molar-refractivity contribution < 1.29 is 14.3 Å². The molecule has 0 aliphatic carbocycles. The van der Waals surface area contributed by atoms with Crippen molar-refractivity contribution in [1.29, 1.82) is 0 Å². The van der Waals surface area contributed by atoms with Crippen LogP contribution < -0.4 is 4.74 Å². The molecule has 0 atom stereocenters. The predicted octanol–water partition coefficient (Wildman–Crippen LogP) is 3.07. The molecule has 0 radical (unpaired) electrons. The molecule has 0 amide bonds. The number of ketones is 1. The summed E-state index contributed by atoms with van der Waals surface area (Å²) < 4.78 is 10.3. The first-order valence-corrected chi connectivity index (χ1v) is 5.86. The molecule has 0 saturated heterocycles. The lowest BCUT2D eigenvalue weighted by molar-refractivity contribution is 0.0934. The third-order valence-electron chi connectivity index (χ3n) is 2.94. The normalized spacial score (nSPS) is 10.6. The molecule has 2 rings (SSSR count). The van der Waals surface area contributed by atoms with E-state index in [2.05, 4.69) is 0 Å². The van der Waals surface area contributed by atoms with Gasteiger partial charge in [-0.2, -0.15) is 0 Å². The molecule has 0 aliphatic heterocycles. The standard InChI is InChI=1S/C15H16O3/c1-17-10-9-14(16)12-7-8-15(18-2)13-6-4-3-5-11(12)13/h3-8H,9-10H2,1-2H3. The molecule has 0 N–H and O–H groups in total. The number of hydrogen-bond acceptors (Lipinski definition) is 3. The number of rotatable bonds is 5. The number of fused-ring (bicyclic) bond motifs is 1. The fraction of sp³-hybridized carbons (Fsp3) is 0.267. The van der Waals surface area contributed by atoms with Crippen LogP contribution in [-0.4, -0.2) is 26.6 Å². The highest BCUT2D eigenvalue weighted by molar-refractivity contribution is 6.09. The Hall–Kier alpha value is -1.87. The number of carbonyl (C=O) groups excluding carboxylic acids is 1. The van der Waals surface area contributed by atoms with Gasteiger partial charge >= 0.3 is 0 Å². The van der Waals surface area contributed by atoms with Crippen molar-refractivity contribution in [2.75, 3.05) is 20.8 Å². The maximum absolute atomic E-state index is 12.1. The van der Waals surface area contributed by atoms with Gasteiger partial charge in [-0.05, 0) is 17.5 Å². The van der Waals surface area contributed by atoms with E-state index in [4.69, 9.17) is 9.47 Å². The zero-order valence-electron chi connectivity index (χ0n) is 10.6. The number of benzene rings is 2. The summed E-state index contributed by atoms with van der Waals surface area (Å²) in [6.45, 7) is 0.444. The predicted molar refractivity (Wildman–Crippen MR) is 71.3 cm³/mol. The first kappa shape index (κ1) is 12.6. The van der Waals surface area contributed by atoms with Gasteiger partial charge in [0.1, 0.15) is 5.75 Å². The molecule has 2 aromatic rings. The van der Waals surface area contributed by atoms with Gasteiger partial charge in [0.15, 0.2) is 5.78 Å². The second kappa shape index (κ2) is 5.65. The van der Waals surface area contributed by atoms with Crippen molar-refractivity contribution >= 4 is 16.6 Å². The van der Waals surface area contributed by atoms with Crippen molar-refractivity contribution in [3.05, 3.63) is 42.0 Å². The molecular weight excluding hydrogens is 228 g/mol. The maximum atomic E-state index is 12.1. The summed E-state index contributed by atoms with van der Waals surface area (Å²) in [5, 5.41) is 1.89. The minimum atomic E-state index is 0.0932. The smallest absolute Gasteiger partial charge is 0.165 e. The van der Waals surface area contributed by atoms with Gasteiger partial charge in [0.25, 0.3) is 0 Å². The molecule has 3 nitrogen and oxygen atoms in total. The summed E-state index contributed by atoms with van der Waals surface area (Å²) in [6, 6.07) is 11.4. The van der Waals surface area contributed by atoms with Crippen LogP contribution in [0.2, 0.25) is 0 Å². The van der Waals surface area contributed by atoms with Gasteiger partial charge < -0.3 is 9.47 Å². The number of carbonyl (C=O) groups is 1. The van der Waals surface area contributed by atoms with Crippen LogP contribution in [0.1, 0.15) is 16.8 Å². The van der Waals surface area contributed by atoms with Gasteiger partial charge in [0.2, 0.25) is 0 Å². The molecule has 2 aromatic carbocycles. The largest absolute Gasteiger partial charge is 0.496 e. The van der Waals surface area contributed by atoms with Crippen LogP contribution in [0.15, 0.2) is 36.4 Å². The average molecular weight is 244 g/mol. The van der Waals surface area contributed by atoms with E-state index in [1.165, 1.54) is 0 Å². The summed E-state index contributed by atoms with van der Waals surface area (Å²) in [5.74, 6) is 0.879. The molecular formula is C15H16O3. The van der Waals surface area contributed by atoms with Gasteiger partial charge in [-0.15, -0.1) is 0 Å². The van der Waals surface area contributed by atoms with Crippen LogP contribution in [0, 0.1) is 0 Å². The molecule has 3 heteroatoms. The van der Waals surface area contributed by atoms with E-state index < -0.39 is 0 Å². The number of Topliss-reactive ketones (excluding diaryl/α,β-unsaturated/α-hetero) is 1. The SMILES string of the molecule is COCCC(=O)c1ccc(OC)c2ccccc12. The Kier molecular flexibility index (Phi) is 3.95. The van der Waals surface area contributed by atoms with E-state index >= 15 is 0 Å². The van der Waals surface area contributed by atoms with E-state index in [1.807, 2.05) is 36.4 Å². The molecule has 0 aliphatic rings. The Labute approximate surface area is 106 Å². The Morgan fingerprint density at radius 1 is 1.06 bits per heavy atom. The molecule has 94 valence electrons. The first-order chi connectivity index (χ1) is 8.77. The Morgan fingerprint density at radius 3 is 2.44 bits per heavy atom. The molecule has 0 bridgehead atoms. The lowest BCUT2D eigenvalue weighted by Gasteiger charge is -2.09. The van der Waals surface area contributed by atoms with E-state index in [0.717, 1.165) is 22.1 Å². The van der Waals surface area contributed by atoms with Crippen LogP contribution in [0.3, 0.4) is 0 Å². The quantitative estimate of drug-likeness (QED) is 0.758. The van der Waals surface area contributed by atoms with Gasteiger partial charge in [0.05, 0.1) is 13.7 Å². The molecule has 0 heterocycles. The number of methoxy groups -OCH3 is 2. The third-order valence-corrected chi connectivity index (χ3v) is 2.94. The second-order valence-corrected chi connectivity index (χ2v) is 4.03. The molecule has 18 heavy (non-hydrogen) atoms. The topological polar surface area (TPSA) is 35.5 Å². The lowest BCUT2D eigenvalue weighted by atomic mass is 9.99. The van der Waals surface area contributed by atoms with Gasteiger partial charge in [-0.1, -0.05) is 24.3 Å². The Balaban J connectivity index is 2.49. The van der Waals surface area contributed by atoms with Crippen LogP contribution >= 0.6 is 0 Å². The second-order valence-electron chi connectivity index (χ2n) is 4.03. The van der Waals surface area contributed by atoms with Crippen molar-refractivity contribution in [3.8, 4) is 5.75 Å². The van der Waals surface area contributed by atoms with E-state index in [0.29, 0.717) is 13.0 Å². The summed E-state index contributed by atoms with van der Waals surface area (Å²) in [7, 11) is 3.23. The van der Waals surface area contributed by atoms with E-state index in [1.54, 1.807) is 14.2 Å². The average Bonchev–Trinajstić information content (AvgIpc) is 2.43. The molecule has 0 saturated carbocycles. The highest BCUT2D eigenvalue weighted by Gasteiger charge is 2.12. The van der Waals surface area contributed by atoms with Gasteiger partial charge in [0, 0.05) is 24.5 Å². The number of hydrogen-bond donors (Lipinski definition) is 0. The van der Waals surface area contributed by atoms with Crippen molar-refractivity contribution in [2.24, 2.45) is 0 Å². The maximum Gasteiger partial charge on any atom is 0.165 e. The molecule has 0 aromatic heterocycles. The fourth-order valence-electron chi connectivity index (χ4n) is 2.02. The van der Waals surface area contributed by atoms with Gasteiger partial charge in [-0.3, -0.25) is 4.79 Å². The van der Waals surface area contributed by atoms with Crippen molar-refractivity contribution in [1.82, 2.24) is 0 Å². The highest BCUT2D eigenvalue weighted by Crippen LogP contribution is 2.28. The van der Waals surface area contributed by atoms with Crippen LogP contribution in [-0.2, 0) is 4.74 Å². The summed E-state index contributed by atoms with van der Waals surface area (Å²) in [6.07, 6.45) is 0.396. The molecule has 0 fully saturated rings. The highest BCUT2D eigenvalue weighted by atomic mass is 16.5. The van der Waals surface area contributed by atoms with Crippen LogP contribution in [0.4, 0.5) is 0 Å². The summed E-state index contributed by atoms with van der Waals surface area (Å²) in [4.78, 5) is 12.1. The number of ether oxygens (including phenoxy) is 2. The van der Waals surface area contributed by atoms with Gasteiger partial charge in [-0.25, -0.2) is 0 Å². The lowest BCUT2D eigenvalue weighted by Crippen LogP contribution is -2.04. The zero-order valence-corrected chi connectivity index (χ0v) is 10.6.